The number of aromatic nitrogens is 1. The number of anilines is 1. The highest BCUT2D eigenvalue weighted by molar-refractivity contribution is 5.96. The lowest BCUT2D eigenvalue weighted by Crippen LogP contribution is -2.48. The first-order valence-corrected chi connectivity index (χ1v) is 6.56. The largest absolute Gasteiger partial charge is 0.394 e. The van der Waals surface area contributed by atoms with Crippen LogP contribution in [0.3, 0.4) is 0 Å². The molecule has 1 aromatic heterocycles. The van der Waals surface area contributed by atoms with Gasteiger partial charge in [-0.3, -0.25) is 10.1 Å². The van der Waals surface area contributed by atoms with E-state index in [1.807, 2.05) is 0 Å². The van der Waals surface area contributed by atoms with Crippen molar-refractivity contribution in [1.29, 1.82) is 0 Å². The summed E-state index contributed by atoms with van der Waals surface area (Å²) in [6.45, 7) is 0.0613. The number of non-ortho nitro benzene ring substituents is 1. The Morgan fingerprint density at radius 2 is 2.20 bits per heavy atom. The van der Waals surface area contributed by atoms with Crippen molar-refractivity contribution >= 4 is 22.3 Å². The molecule has 1 fully saturated rings. The van der Waals surface area contributed by atoms with Crippen molar-refractivity contribution in [2.75, 3.05) is 11.9 Å². The standard InChI is InChI=1S/C14H15N3O3/c18-9-14(6-2-7-14)16-11-5-8-15-13-10(11)3-1-4-12(13)17(19)20/h1,3-5,8,18H,2,6-7,9H2,(H,15,16). The van der Waals surface area contributed by atoms with Crippen LogP contribution in [0, 0.1) is 10.1 Å². The summed E-state index contributed by atoms with van der Waals surface area (Å²) in [5, 5.41) is 24.6. The summed E-state index contributed by atoms with van der Waals surface area (Å²) in [5.74, 6) is 0. The monoisotopic (exact) mass is 273 g/mol. The van der Waals surface area contributed by atoms with Crippen LogP contribution in [-0.4, -0.2) is 27.2 Å². The van der Waals surface area contributed by atoms with E-state index < -0.39 is 4.92 Å². The zero-order chi connectivity index (χ0) is 14.2. The molecule has 104 valence electrons. The van der Waals surface area contributed by atoms with Gasteiger partial charge < -0.3 is 10.4 Å². The van der Waals surface area contributed by atoms with E-state index in [1.54, 1.807) is 24.4 Å². The number of fused-ring (bicyclic) bond motifs is 1. The molecule has 0 amide bonds. The normalized spacial score (nSPS) is 16.6. The Kier molecular flexibility index (Phi) is 3.02. The van der Waals surface area contributed by atoms with Gasteiger partial charge in [-0.15, -0.1) is 0 Å². The van der Waals surface area contributed by atoms with Gasteiger partial charge in [-0.25, -0.2) is 4.98 Å². The summed E-state index contributed by atoms with van der Waals surface area (Å²) in [7, 11) is 0. The first-order chi connectivity index (χ1) is 9.65. The Labute approximate surface area is 115 Å². The van der Waals surface area contributed by atoms with E-state index in [9.17, 15) is 15.2 Å². The highest BCUT2D eigenvalue weighted by Crippen LogP contribution is 2.37. The van der Waals surface area contributed by atoms with Crippen LogP contribution >= 0.6 is 0 Å². The van der Waals surface area contributed by atoms with Crippen LogP contribution in [0.2, 0.25) is 0 Å². The number of aliphatic hydroxyl groups is 1. The molecule has 0 unspecified atom stereocenters. The van der Waals surface area contributed by atoms with Gasteiger partial charge >= 0.3 is 0 Å². The number of para-hydroxylation sites is 1. The van der Waals surface area contributed by atoms with Crippen LogP contribution in [0.15, 0.2) is 30.5 Å². The van der Waals surface area contributed by atoms with E-state index in [0.717, 1.165) is 24.9 Å². The predicted molar refractivity (Wildman–Crippen MR) is 75.7 cm³/mol. The Morgan fingerprint density at radius 3 is 2.80 bits per heavy atom. The summed E-state index contributed by atoms with van der Waals surface area (Å²) >= 11 is 0. The lowest BCUT2D eigenvalue weighted by Gasteiger charge is -2.42. The molecule has 1 aliphatic rings. The van der Waals surface area contributed by atoms with Crippen molar-refractivity contribution in [1.82, 2.24) is 4.98 Å². The highest BCUT2D eigenvalue weighted by atomic mass is 16.6. The Bertz CT molecular complexity index is 662. The number of benzene rings is 1. The molecule has 0 atom stereocenters. The number of nitrogens with zero attached hydrogens (tertiary/aromatic N) is 2. The number of nitro groups is 1. The third-order valence-electron chi connectivity index (χ3n) is 3.96. The van der Waals surface area contributed by atoms with Crippen molar-refractivity contribution in [3.63, 3.8) is 0 Å². The molecule has 20 heavy (non-hydrogen) atoms. The topological polar surface area (TPSA) is 88.3 Å². The molecule has 0 saturated heterocycles. The van der Waals surface area contributed by atoms with Crippen molar-refractivity contribution in [2.24, 2.45) is 0 Å². The van der Waals surface area contributed by atoms with Gasteiger partial charge in [-0.1, -0.05) is 12.1 Å². The second-order valence-electron chi connectivity index (χ2n) is 5.21. The van der Waals surface area contributed by atoms with Crippen LogP contribution in [0.1, 0.15) is 19.3 Å². The second kappa shape index (κ2) is 4.72. The van der Waals surface area contributed by atoms with Gasteiger partial charge in [0.25, 0.3) is 5.69 Å². The van der Waals surface area contributed by atoms with Gasteiger partial charge in [0.1, 0.15) is 5.52 Å². The Balaban J connectivity index is 2.08. The number of pyridine rings is 1. The molecule has 6 heteroatoms. The van der Waals surface area contributed by atoms with Gasteiger partial charge in [0.15, 0.2) is 0 Å². The van der Waals surface area contributed by atoms with Crippen LogP contribution < -0.4 is 5.32 Å². The summed E-state index contributed by atoms with van der Waals surface area (Å²) in [4.78, 5) is 14.7. The number of hydrogen-bond acceptors (Lipinski definition) is 5. The van der Waals surface area contributed by atoms with Crippen LogP contribution in [-0.2, 0) is 0 Å². The molecule has 2 N–H and O–H groups in total. The van der Waals surface area contributed by atoms with Crippen LogP contribution in [0.25, 0.3) is 10.9 Å². The van der Waals surface area contributed by atoms with E-state index in [2.05, 4.69) is 10.3 Å². The zero-order valence-corrected chi connectivity index (χ0v) is 10.9. The highest BCUT2D eigenvalue weighted by Gasteiger charge is 2.36. The van der Waals surface area contributed by atoms with E-state index in [4.69, 9.17) is 0 Å². The number of rotatable bonds is 4. The number of nitro benzene ring substituents is 1. The molecular formula is C14H15N3O3. The molecule has 0 spiro atoms. The van der Waals surface area contributed by atoms with Crippen molar-refractivity contribution < 1.29 is 10.0 Å². The summed E-state index contributed by atoms with van der Waals surface area (Å²) in [6.07, 6.45) is 4.45. The lowest BCUT2D eigenvalue weighted by molar-refractivity contribution is -0.383. The van der Waals surface area contributed by atoms with Gasteiger partial charge in [-0.2, -0.15) is 0 Å². The molecular weight excluding hydrogens is 258 g/mol. The number of nitrogens with one attached hydrogen (secondary N) is 1. The minimum atomic E-state index is -0.426. The van der Waals surface area contributed by atoms with E-state index >= 15 is 0 Å². The summed E-state index contributed by atoms with van der Waals surface area (Å²) in [6, 6.07) is 6.70. The van der Waals surface area contributed by atoms with Gasteiger partial charge in [0.2, 0.25) is 0 Å². The van der Waals surface area contributed by atoms with E-state index in [-0.39, 0.29) is 17.8 Å². The molecule has 1 aromatic carbocycles. The molecule has 1 aliphatic carbocycles. The molecule has 2 aromatic rings. The zero-order valence-electron chi connectivity index (χ0n) is 10.9. The Morgan fingerprint density at radius 1 is 1.40 bits per heavy atom. The average Bonchev–Trinajstić information content (AvgIpc) is 2.42. The molecule has 1 heterocycles. The van der Waals surface area contributed by atoms with E-state index in [0.29, 0.717) is 10.9 Å². The fourth-order valence-electron chi connectivity index (χ4n) is 2.63. The van der Waals surface area contributed by atoms with Crippen LogP contribution in [0.5, 0.6) is 0 Å². The van der Waals surface area contributed by atoms with Crippen molar-refractivity contribution in [3.05, 3.63) is 40.6 Å². The third kappa shape index (κ3) is 1.98. The van der Waals surface area contributed by atoms with Gasteiger partial charge in [-0.05, 0) is 25.3 Å². The third-order valence-corrected chi connectivity index (χ3v) is 3.96. The maximum atomic E-state index is 11.0. The quantitative estimate of drug-likeness (QED) is 0.660. The number of hydrogen-bond donors (Lipinski definition) is 2. The molecule has 0 radical (unpaired) electrons. The lowest BCUT2D eigenvalue weighted by atomic mass is 9.77. The molecule has 6 nitrogen and oxygen atoms in total. The maximum Gasteiger partial charge on any atom is 0.295 e. The smallest absolute Gasteiger partial charge is 0.295 e. The molecule has 3 rings (SSSR count). The fraction of sp³-hybridized carbons (Fsp3) is 0.357. The average molecular weight is 273 g/mol. The van der Waals surface area contributed by atoms with Gasteiger partial charge in [0, 0.05) is 23.3 Å². The maximum absolute atomic E-state index is 11.0. The van der Waals surface area contributed by atoms with E-state index in [1.165, 1.54) is 6.07 Å². The summed E-state index contributed by atoms with van der Waals surface area (Å²) < 4.78 is 0. The summed E-state index contributed by atoms with van der Waals surface area (Å²) in [5.41, 5.74) is 0.860. The first-order valence-electron chi connectivity index (χ1n) is 6.56. The van der Waals surface area contributed by atoms with Crippen molar-refractivity contribution in [3.8, 4) is 0 Å². The molecule has 0 bridgehead atoms. The molecule has 0 aliphatic heterocycles. The van der Waals surface area contributed by atoms with Crippen LogP contribution in [0.4, 0.5) is 11.4 Å². The molecule has 1 saturated carbocycles. The SMILES string of the molecule is O=[N+]([O-])c1cccc2c(NC3(CO)CCC3)ccnc12. The predicted octanol–water partition coefficient (Wildman–Crippen LogP) is 2.47. The minimum Gasteiger partial charge on any atom is -0.394 e. The minimum absolute atomic E-state index is 0.00203. The van der Waals surface area contributed by atoms with Crippen molar-refractivity contribution in [2.45, 2.75) is 24.8 Å². The first kappa shape index (κ1) is 12.8. The Hall–Kier alpha value is -2.21. The second-order valence-corrected chi connectivity index (χ2v) is 5.21. The van der Waals surface area contributed by atoms with Gasteiger partial charge in [0.05, 0.1) is 17.1 Å². The number of aliphatic hydroxyl groups excluding tert-OH is 1. The fourth-order valence-corrected chi connectivity index (χ4v) is 2.63.